The molecule has 0 bridgehead atoms. The molecule has 1 aliphatic rings. The van der Waals surface area contributed by atoms with E-state index in [1.807, 2.05) is 0 Å². The van der Waals surface area contributed by atoms with Crippen molar-refractivity contribution in [3.8, 4) is 12.3 Å². The molecule has 1 N–H and O–H groups in total. The molecule has 0 aromatic heterocycles. The summed E-state index contributed by atoms with van der Waals surface area (Å²) in [5, 5.41) is 8.65. The molecule has 1 fully saturated rings. The molecule has 4 heteroatoms. The summed E-state index contributed by atoms with van der Waals surface area (Å²) < 4.78 is 5.30. The molecular formula is C9H13NO3. The average Bonchev–Trinajstić information content (AvgIpc) is 2.15. The Labute approximate surface area is 77.5 Å². The van der Waals surface area contributed by atoms with Crippen LogP contribution in [0, 0.1) is 12.3 Å². The van der Waals surface area contributed by atoms with E-state index in [0.29, 0.717) is 19.7 Å². The predicted octanol–water partition coefficient (Wildman–Crippen LogP) is 0.779. The van der Waals surface area contributed by atoms with Gasteiger partial charge < -0.3 is 14.7 Å². The highest BCUT2D eigenvalue weighted by molar-refractivity contribution is 5.64. The lowest BCUT2D eigenvalue weighted by atomic mass is 10.1. The van der Waals surface area contributed by atoms with Gasteiger partial charge in [0.15, 0.2) is 0 Å². The quantitative estimate of drug-likeness (QED) is 0.643. The second-order valence-corrected chi connectivity index (χ2v) is 2.98. The van der Waals surface area contributed by atoms with Gasteiger partial charge in [-0.1, -0.05) is 5.92 Å². The first-order valence-electron chi connectivity index (χ1n) is 4.27. The van der Waals surface area contributed by atoms with Crippen molar-refractivity contribution in [2.75, 3.05) is 19.7 Å². The highest BCUT2D eigenvalue weighted by atomic mass is 16.5. The van der Waals surface area contributed by atoms with E-state index in [-0.39, 0.29) is 6.10 Å². The fraction of sp³-hybridized carbons (Fsp3) is 0.667. The Morgan fingerprint density at radius 2 is 2.23 bits per heavy atom. The summed E-state index contributed by atoms with van der Waals surface area (Å²) in [6.07, 6.45) is 5.81. The molecule has 1 aliphatic heterocycles. The Hall–Kier alpha value is -1.21. The third-order valence-electron chi connectivity index (χ3n) is 2.11. The van der Waals surface area contributed by atoms with E-state index in [1.54, 1.807) is 0 Å². The summed E-state index contributed by atoms with van der Waals surface area (Å²) in [5.41, 5.74) is 0. The van der Waals surface area contributed by atoms with Crippen molar-refractivity contribution in [2.45, 2.75) is 18.9 Å². The first-order chi connectivity index (χ1) is 6.24. The number of terminal acetylenes is 1. The molecule has 0 aliphatic carbocycles. The fourth-order valence-electron chi connectivity index (χ4n) is 1.38. The number of rotatable bonds is 2. The zero-order valence-electron chi connectivity index (χ0n) is 7.40. The molecule has 0 spiro atoms. The van der Waals surface area contributed by atoms with E-state index in [4.69, 9.17) is 16.3 Å². The summed E-state index contributed by atoms with van der Waals surface area (Å²) in [7, 11) is 0. The highest BCUT2D eigenvalue weighted by Gasteiger charge is 2.22. The Morgan fingerprint density at radius 3 is 2.69 bits per heavy atom. The van der Waals surface area contributed by atoms with Crippen molar-refractivity contribution in [3.63, 3.8) is 0 Å². The molecule has 1 saturated heterocycles. The molecule has 1 amide bonds. The van der Waals surface area contributed by atoms with Gasteiger partial charge in [0.1, 0.15) is 6.61 Å². The minimum atomic E-state index is -0.851. The van der Waals surface area contributed by atoms with E-state index in [2.05, 4.69) is 5.92 Å². The van der Waals surface area contributed by atoms with Crippen LogP contribution in [0.4, 0.5) is 4.79 Å². The maximum atomic E-state index is 10.5. The lowest BCUT2D eigenvalue weighted by molar-refractivity contribution is 0.0266. The topological polar surface area (TPSA) is 49.8 Å². The summed E-state index contributed by atoms with van der Waals surface area (Å²) in [5.74, 6) is 2.40. The molecule has 0 aromatic carbocycles. The zero-order chi connectivity index (χ0) is 9.68. The molecule has 0 unspecified atom stereocenters. The van der Waals surface area contributed by atoms with Crippen LogP contribution in [0.5, 0.6) is 0 Å². The molecule has 72 valence electrons. The third-order valence-corrected chi connectivity index (χ3v) is 2.11. The summed E-state index contributed by atoms with van der Waals surface area (Å²) in [6, 6.07) is 0. The van der Waals surface area contributed by atoms with Crippen LogP contribution in [0.15, 0.2) is 0 Å². The zero-order valence-corrected chi connectivity index (χ0v) is 7.40. The second-order valence-electron chi connectivity index (χ2n) is 2.98. The van der Waals surface area contributed by atoms with Gasteiger partial charge in [0, 0.05) is 13.1 Å². The average molecular weight is 183 g/mol. The number of ether oxygens (including phenoxy) is 1. The molecule has 0 atom stereocenters. The Kier molecular flexibility index (Phi) is 3.59. The van der Waals surface area contributed by atoms with Gasteiger partial charge in [-0.2, -0.15) is 0 Å². The SMILES string of the molecule is C#CCOC1CCN(C(=O)O)CC1. The summed E-state index contributed by atoms with van der Waals surface area (Å²) >= 11 is 0. The summed E-state index contributed by atoms with van der Waals surface area (Å²) in [4.78, 5) is 11.9. The lowest BCUT2D eigenvalue weighted by Gasteiger charge is -2.29. The standard InChI is InChI=1S/C9H13NO3/c1-2-7-13-8-3-5-10(6-4-8)9(11)12/h1,8H,3-7H2,(H,11,12). The number of likely N-dealkylation sites (tertiary alicyclic amines) is 1. The molecule has 1 heterocycles. The maximum Gasteiger partial charge on any atom is 0.407 e. The van der Waals surface area contributed by atoms with Crippen LogP contribution in [0.25, 0.3) is 0 Å². The molecule has 4 nitrogen and oxygen atoms in total. The van der Waals surface area contributed by atoms with Gasteiger partial charge in [0.05, 0.1) is 6.10 Å². The molecule has 0 radical (unpaired) electrons. The van der Waals surface area contributed by atoms with Crippen molar-refractivity contribution >= 4 is 6.09 Å². The number of hydrogen-bond donors (Lipinski definition) is 1. The van der Waals surface area contributed by atoms with Crippen molar-refractivity contribution in [1.82, 2.24) is 4.90 Å². The van der Waals surface area contributed by atoms with Crippen molar-refractivity contribution < 1.29 is 14.6 Å². The smallest absolute Gasteiger partial charge is 0.407 e. The third kappa shape index (κ3) is 2.96. The van der Waals surface area contributed by atoms with Gasteiger partial charge >= 0.3 is 6.09 Å². The van der Waals surface area contributed by atoms with E-state index in [1.165, 1.54) is 4.90 Å². The summed E-state index contributed by atoms with van der Waals surface area (Å²) in [6.45, 7) is 1.41. The number of carbonyl (C=O) groups is 1. The van der Waals surface area contributed by atoms with E-state index in [9.17, 15) is 4.79 Å². The number of carboxylic acid groups (broad SMARTS) is 1. The van der Waals surface area contributed by atoms with Crippen LogP contribution in [-0.4, -0.2) is 41.9 Å². The number of hydrogen-bond acceptors (Lipinski definition) is 2. The predicted molar refractivity (Wildman–Crippen MR) is 47.4 cm³/mol. The van der Waals surface area contributed by atoms with Crippen molar-refractivity contribution in [3.05, 3.63) is 0 Å². The normalized spacial score (nSPS) is 18.2. The first kappa shape index (κ1) is 9.87. The number of amides is 1. The van der Waals surface area contributed by atoms with Gasteiger partial charge in [0.25, 0.3) is 0 Å². The molecule has 1 rings (SSSR count). The fourth-order valence-corrected chi connectivity index (χ4v) is 1.38. The van der Waals surface area contributed by atoms with Gasteiger partial charge in [-0.05, 0) is 12.8 Å². The maximum absolute atomic E-state index is 10.5. The molecular weight excluding hydrogens is 170 g/mol. The largest absolute Gasteiger partial charge is 0.465 e. The molecule has 0 aromatic rings. The van der Waals surface area contributed by atoms with Crippen LogP contribution in [0.1, 0.15) is 12.8 Å². The van der Waals surface area contributed by atoms with Crippen LogP contribution in [0.3, 0.4) is 0 Å². The second kappa shape index (κ2) is 4.73. The van der Waals surface area contributed by atoms with Crippen LogP contribution < -0.4 is 0 Å². The molecule has 13 heavy (non-hydrogen) atoms. The van der Waals surface area contributed by atoms with E-state index >= 15 is 0 Å². The van der Waals surface area contributed by atoms with Crippen LogP contribution >= 0.6 is 0 Å². The monoisotopic (exact) mass is 183 g/mol. The number of piperidine rings is 1. The Balaban J connectivity index is 2.23. The van der Waals surface area contributed by atoms with Crippen molar-refractivity contribution in [2.24, 2.45) is 0 Å². The van der Waals surface area contributed by atoms with Gasteiger partial charge in [-0.15, -0.1) is 6.42 Å². The van der Waals surface area contributed by atoms with E-state index < -0.39 is 6.09 Å². The highest BCUT2D eigenvalue weighted by Crippen LogP contribution is 2.13. The van der Waals surface area contributed by atoms with Gasteiger partial charge in [-0.25, -0.2) is 4.79 Å². The first-order valence-corrected chi connectivity index (χ1v) is 4.27. The van der Waals surface area contributed by atoms with Gasteiger partial charge in [0.2, 0.25) is 0 Å². The van der Waals surface area contributed by atoms with Crippen LogP contribution in [0.2, 0.25) is 0 Å². The minimum absolute atomic E-state index is 0.131. The Bertz CT molecular complexity index is 213. The van der Waals surface area contributed by atoms with Crippen LogP contribution in [-0.2, 0) is 4.74 Å². The van der Waals surface area contributed by atoms with Crippen molar-refractivity contribution in [1.29, 1.82) is 0 Å². The Morgan fingerprint density at radius 1 is 1.62 bits per heavy atom. The lowest BCUT2D eigenvalue weighted by Crippen LogP contribution is -2.40. The van der Waals surface area contributed by atoms with Gasteiger partial charge in [-0.3, -0.25) is 0 Å². The number of nitrogens with zero attached hydrogens (tertiary/aromatic N) is 1. The molecule has 0 saturated carbocycles. The van der Waals surface area contributed by atoms with E-state index in [0.717, 1.165) is 12.8 Å². The minimum Gasteiger partial charge on any atom is -0.465 e.